The van der Waals surface area contributed by atoms with Gasteiger partial charge in [0.1, 0.15) is 29.2 Å². The van der Waals surface area contributed by atoms with Crippen LogP contribution >= 0.6 is 0 Å². The van der Waals surface area contributed by atoms with Gasteiger partial charge in [0.15, 0.2) is 5.82 Å². The molecule has 7 nitrogen and oxygen atoms in total. The van der Waals surface area contributed by atoms with Crippen molar-refractivity contribution in [1.29, 1.82) is 0 Å². The molecule has 1 saturated carbocycles. The Morgan fingerprint density at radius 1 is 1.16 bits per heavy atom. The normalized spacial score (nSPS) is 16.5. The lowest BCUT2D eigenvalue weighted by Crippen LogP contribution is -2.33. The molecule has 4 aromatic rings. The van der Waals surface area contributed by atoms with Crippen LogP contribution in [0.1, 0.15) is 36.5 Å². The Bertz CT molecular complexity index is 1270. The Balaban J connectivity index is 1.43. The summed E-state index contributed by atoms with van der Waals surface area (Å²) in [5, 5.41) is 4.40. The van der Waals surface area contributed by atoms with E-state index in [0.717, 1.165) is 43.3 Å². The number of nitrogens with zero attached hydrogens (tertiary/aromatic N) is 7. The molecule has 0 radical (unpaired) electrons. The topological polar surface area (TPSA) is 64.1 Å². The number of imidazole rings is 2. The molecule has 0 bridgehead atoms. The van der Waals surface area contributed by atoms with E-state index in [4.69, 9.17) is 0 Å². The summed E-state index contributed by atoms with van der Waals surface area (Å²) in [6.45, 7) is 4.47. The largest absolute Gasteiger partial charge is 0.348 e. The lowest BCUT2D eigenvalue weighted by molar-refractivity contribution is 0.273. The first-order valence-corrected chi connectivity index (χ1v) is 10.9. The third-order valence-electron chi connectivity index (χ3n) is 6.68. The van der Waals surface area contributed by atoms with Crippen molar-refractivity contribution >= 4 is 11.3 Å². The van der Waals surface area contributed by atoms with Gasteiger partial charge in [0.25, 0.3) is 0 Å². The van der Waals surface area contributed by atoms with E-state index in [0.29, 0.717) is 17.1 Å². The summed E-state index contributed by atoms with van der Waals surface area (Å²) < 4.78 is 18.7. The summed E-state index contributed by atoms with van der Waals surface area (Å²) in [5.41, 5.74) is 4.24. The Labute approximate surface area is 179 Å². The molecule has 0 saturated heterocycles. The average Bonchev–Trinajstić information content (AvgIpc) is 3.31. The maximum absolute atomic E-state index is 14.6. The summed E-state index contributed by atoms with van der Waals surface area (Å²) >= 11 is 0. The van der Waals surface area contributed by atoms with Crippen LogP contribution in [0.5, 0.6) is 0 Å². The van der Waals surface area contributed by atoms with Crippen molar-refractivity contribution in [3.8, 4) is 11.3 Å². The SMILES string of the molecule is Cc1nc(-c2ccccc2F)c2c(N3CCc4ncn(CC5CCC5)c4C3)ncnn12. The molecule has 4 heterocycles. The van der Waals surface area contributed by atoms with Crippen LogP contribution in [0.3, 0.4) is 0 Å². The van der Waals surface area contributed by atoms with Gasteiger partial charge in [-0.1, -0.05) is 18.6 Å². The van der Waals surface area contributed by atoms with Crippen molar-refractivity contribution < 1.29 is 4.39 Å². The highest BCUT2D eigenvalue weighted by Gasteiger charge is 2.28. The van der Waals surface area contributed by atoms with E-state index in [1.165, 1.54) is 36.7 Å². The number of anilines is 1. The van der Waals surface area contributed by atoms with Gasteiger partial charge in [-0.15, -0.1) is 0 Å². The molecule has 0 unspecified atom stereocenters. The zero-order valence-corrected chi connectivity index (χ0v) is 17.5. The number of fused-ring (bicyclic) bond motifs is 2. The number of halogens is 1. The van der Waals surface area contributed by atoms with Crippen LogP contribution in [0.2, 0.25) is 0 Å². The molecule has 1 aromatic carbocycles. The van der Waals surface area contributed by atoms with Gasteiger partial charge in [-0.3, -0.25) is 0 Å². The van der Waals surface area contributed by atoms with Crippen LogP contribution in [-0.4, -0.2) is 35.7 Å². The van der Waals surface area contributed by atoms with Gasteiger partial charge in [0.05, 0.1) is 24.3 Å². The van der Waals surface area contributed by atoms with Crippen LogP contribution in [-0.2, 0) is 19.5 Å². The fourth-order valence-electron chi connectivity index (χ4n) is 4.76. The Hall–Kier alpha value is -3.29. The van der Waals surface area contributed by atoms with Crippen molar-refractivity contribution in [1.82, 2.24) is 29.1 Å². The van der Waals surface area contributed by atoms with Crippen molar-refractivity contribution in [2.45, 2.75) is 45.7 Å². The molecule has 6 rings (SSSR count). The number of benzene rings is 1. The molecule has 8 heteroatoms. The van der Waals surface area contributed by atoms with E-state index in [-0.39, 0.29) is 5.82 Å². The first kappa shape index (κ1) is 18.5. The minimum Gasteiger partial charge on any atom is -0.348 e. The third kappa shape index (κ3) is 3.00. The Morgan fingerprint density at radius 2 is 2.03 bits per heavy atom. The predicted octanol–water partition coefficient (Wildman–Crippen LogP) is 3.80. The Morgan fingerprint density at radius 3 is 2.84 bits per heavy atom. The highest BCUT2D eigenvalue weighted by atomic mass is 19.1. The second kappa shape index (κ2) is 7.14. The zero-order valence-electron chi connectivity index (χ0n) is 17.5. The second-order valence-electron chi connectivity index (χ2n) is 8.59. The number of rotatable bonds is 4. The average molecular weight is 417 g/mol. The molecule has 0 atom stereocenters. The minimum atomic E-state index is -0.295. The summed E-state index contributed by atoms with van der Waals surface area (Å²) in [5.74, 6) is 1.97. The van der Waals surface area contributed by atoms with Crippen molar-refractivity contribution in [3.05, 3.63) is 59.9 Å². The van der Waals surface area contributed by atoms with Gasteiger partial charge < -0.3 is 9.47 Å². The molecule has 1 aliphatic carbocycles. The van der Waals surface area contributed by atoms with Gasteiger partial charge in [-0.05, 0) is 37.8 Å². The molecule has 31 heavy (non-hydrogen) atoms. The van der Waals surface area contributed by atoms with Gasteiger partial charge in [0, 0.05) is 25.1 Å². The Kier molecular flexibility index (Phi) is 4.26. The van der Waals surface area contributed by atoms with Gasteiger partial charge in [-0.25, -0.2) is 23.9 Å². The molecule has 3 aromatic heterocycles. The number of hydrogen-bond acceptors (Lipinski definition) is 5. The van der Waals surface area contributed by atoms with Crippen LogP contribution in [0.15, 0.2) is 36.9 Å². The minimum absolute atomic E-state index is 0.295. The molecule has 1 fully saturated rings. The molecule has 158 valence electrons. The molecule has 0 spiro atoms. The molecular weight excluding hydrogens is 393 g/mol. The lowest BCUT2D eigenvalue weighted by atomic mass is 9.85. The highest BCUT2D eigenvalue weighted by molar-refractivity contribution is 5.86. The van der Waals surface area contributed by atoms with E-state index in [9.17, 15) is 4.39 Å². The van der Waals surface area contributed by atoms with E-state index in [1.54, 1.807) is 23.0 Å². The zero-order chi connectivity index (χ0) is 20.9. The van der Waals surface area contributed by atoms with E-state index < -0.39 is 0 Å². The van der Waals surface area contributed by atoms with Crippen LogP contribution in [0.4, 0.5) is 10.2 Å². The molecule has 2 aliphatic rings. The first-order chi connectivity index (χ1) is 15.2. The maximum atomic E-state index is 14.6. The number of aromatic nitrogens is 6. The van der Waals surface area contributed by atoms with Crippen LogP contribution in [0.25, 0.3) is 16.8 Å². The van der Waals surface area contributed by atoms with Crippen LogP contribution in [0, 0.1) is 18.7 Å². The standard InChI is InChI=1S/C23H24FN7/c1-15-28-21(17-7-2-3-8-18(17)24)22-23(25-13-27-31(15)22)29-10-9-19-20(12-29)30(14-26-19)11-16-5-4-6-16/h2-3,7-8,13-14,16H,4-6,9-12H2,1H3. The third-order valence-corrected chi connectivity index (χ3v) is 6.68. The second-order valence-corrected chi connectivity index (χ2v) is 8.59. The number of hydrogen-bond donors (Lipinski definition) is 0. The lowest BCUT2D eigenvalue weighted by Gasteiger charge is -2.31. The van der Waals surface area contributed by atoms with Crippen molar-refractivity contribution in [2.75, 3.05) is 11.4 Å². The highest BCUT2D eigenvalue weighted by Crippen LogP contribution is 2.34. The molecule has 1 aliphatic heterocycles. The summed E-state index contributed by atoms with van der Waals surface area (Å²) in [7, 11) is 0. The molecule has 0 amide bonds. The predicted molar refractivity (Wildman–Crippen MR) is 115 cm³/mol. The maximum Gasteiger partial charge on any atom is 0.159 e. The fourth-order valence-corrected chi connectivity index (χ4v) is 4.76. The van der Waals surface area contributed by atoms with Crippen molar-refractivity contribution in [2.24, 2.45) is 5.92 Å². The van der Waals surface area contributed by atoms with Crippen molar-refractivity contribution in [3.63, 3.8) is 0 Å². The van der Waals surface area contributed by atoms with E-state index in [1.807, 2.05) is 19.3 Å². The van der Waals surface area contributed by atoms with Gasteiger partial charge in [0.2, 0.25) is 0 Å². The summed E-state index contributed by atoms with van der Waals surface area (Å²) in [6.07, 6.45) is 8.38. The summed E-state index contributed by atoms with van der Waals surface area (Å²) in [4.78, 5) is 16.2. The summed E-state index contributed by atoms with van der Waals surface area (Å²) in [6, 6.07) is 6.74. The van der Waals surface area contributed by atoms with E-state index >= 15 is 0 Å². The quantitative estimate of drug-likeness (QED) is 0.505. The smallest absolute Gasteiger partial charge is 0.159 e. The molecular formula is C23H24FN7. The van der Waals surface area contributed by atoms with E-state index in [2.05, 4.69) is 29.5 Å². The monoisotopic (exact) mass is 417 g/mol. The molecule has 0 N–H and O–H groups in total. The van der Waals surface area contributed by atoms with Gasteiger partial charge in [-0.2, -0.15) is 5.10 Å². The van der Waals surface area contributed by atoms with Gasteiger partial charge >= 0.3 is 0 Å². The number of aryl methyl sites for hydroxylation is 1. The first-order valence-electron chi connectivity index (χ1n) is 10.9. The fraction of sp³-hybridized carbons (Fsp3) is 0.391. The van der Waals surface area contributed by atoms with Crippen LogP contribution < -0.4 is 4.90 Å².